The van der Waals surface area contributed by atoms with Crippen LogP contribution < -0.4 is 4.74 Å². The second-order valence-electron chi connectivity index (χ2n) is 4.48. The van der Waals surface area contributed by atoms with E-state index in [0.29, 0.717) is 17.9 Å². The lowest BCUT2D eigenvalue weighted by molar-refractivity contribution is 0.305. The number of hydrogen-bond acceptors (Lipinski definition) is 2. The highest BCUT2D eigenvalue weighted by Crippen LogP contribution is 2.24. The zero-order valence-electron chi connectivity index (χ0n) is 10.6. The summed E-state index contributed by atoms with van der Waals surface area (Å²) < 4.78 is 19.2. The normalized spacial score (nSPS) is 10.7. The molecule has 0 atom stereocenters. The van der Waals surface area contributed by atoms with Gasteiger partial charge in [-0.3, -0.25) is 4.98 Å². The van der Waals surface area contributed by atoms with Crippen molar-refractivity contribution in [3.05, 3.63) is 59.7 Å². The fourth-order valence-corrected chi connectivity index (χ4v) is 1.70. The van der Waals surface area contributed by atoms with E-state index < -0.39 is 0 Å². The van der Waals surface area contributed by atoms with Gasteiger partial charge < -0.3 is 4.74 Å². The molecule has 1 aromatic carbocycles. The Morgan fingerprint density at radius 3 is 2.56 bits per heavy atom. The second-order valence-corrected chi connectivity index (χ2v) is 4.48. The SMILES string of the molecule is CC(C)c1cc(OCc2ccncc2)ccc1F. The van der Waals surface area contributed by atoms with Gasteiger partial charge in [0.2, 0.25) is 0 Å². The standard InChI is InChI=1S/C15H16FNO/c1-11(2)14-9-13(3-4-15(14)16)18-10-12-5-7-17-8-6-12/h3-9,11H,10H2,1-2H3. The Morgan fingerprint density at radius 2 is 1.89 bits per heavy atom. The summed E-state index contributed by atoms with van der Waals surface area (Å²) in [5.41, 5.74) is 1.72. The lowest BCUT2D eigenvalue weighted by Gasteiger charge is -2.11. The topological polar surface area (TPSA) is 22.1 Å². The summed E-state index contributed by atoms with van der Waals surface area (Å²) in [5, 5.41) is 0. The van der Waals surface area contributed by atoms with Crippen molar-refractivity contribution < 1.29 is 9.13 Å². The van der Waals surface area contributed by atoms with Crippen LogP contribution in [0.4, 0.5) is 4.39 Å². The third-order valence-corrected chi connectivity index (χ3v) is 2.74. The van der Waals surface area contributed by atoms with E-state index in [0.717, 1.165) is 5.56 Å². The van der Waals surface area contributed by atoms with Gasteiger partial charge in [0.05, 0.1) is 0 Å². The van der Waals surface area contributed by atoms with Crippen LogP contribution in [0.25, 0.3) is 0 Å². The highest BCUT2D eigenvalue weighted by atomic mass is 19.1. The molecule has 1 heterocycles. The molecule has 94 valence electrons. The van der Waals surface area contributed by atoms with Crippen molar-refractivity contribution in [2.24, 2.45) is 0 Å². The Balaban J connectivity index is 2.08. The van der Waals surface area contributed by atoms with Gasteiger partial charge in [-0.1, -0.05) is 13.8 Å². The maximum Gasteiger partial charge on any atom is 0.126 e. The summed E-state index contributed by atoms with van der Waals surface area (Å²) in [6.07, 6.45) is 3.45. The predicted molar refractivity (Wildman–Crippen MR) is 69.1 cm³/mol. The molecule has 1 aromatic heterocycles. The van der Waals surface area contributed by atoms with Crippen LogP contribution in [0, 0.1) is 5.82 Å². The van der Waals surface area contributed by atoms with Gasteiger partial charge in [0, 0.05) is 12.4 Å². The minimum absolute atomic E-state index is 0.148. The van der Waals surface area contributed by atoms with Crippen molar-refractivity contribution in [2.45, 2.75) is 26.4 Å². The van der Waals surface area contributed by atoms with E-state index in [9.17, 15) is 4.39 Å². The van der Waals surface area contributed by atoms with Gasteiger partial charge in [-0.15, -0.1) is 0 Å². The molecule has 2 aromatic rings. The van der Waals surface area contributed by atoms with E-state index in [1.54, 1.807) is 24.5 Å². The van der Waals surface area contributed by atoms with E-state index in [-0.39, 0.29) is 11.7 Å². The monoisotopic (exact) mass is 245 g/mol. The maximum absolute atomic E-state index is 13.5. The van der Waals surface area contributed by atoms with Crippen molar-refractivity contribution in [1.29, 1.82) is 0 Å². The minimum atomic E-state index is -0.179. The highest BCUT2D eigenvalue weighted by molar-refractivity contribution is 5.32. The number of nitrogens with zero attached hydrogens (tertiary/aromatic N) is 1. The Labute approximate surface area is 106 Å². The van der Waals surface area contributed by atoms with Crippen LogP contribution in [0.1, 0.15) is 30.9 Å². The van der Waals surface area contributed by atoms with E-state index in [1.165, 1.54) is 6.07 Å². The molecule has 0 spiro atoms. The molecular weight excluding hydrogens is 229 g/mol. The van der Waals surface area contributed by atoms with E-state index in [2.05, 4.69) is 4.98 Å². The number of benzene rings is 1. The summed E-state index contributed by atoms with van der Waals surface area (Å²) in [5.74, 6) is 0.660. The average molecular weight is 245 g/mol. The lowest BCUT2D eigenvalue weighted by atomic mass is 10.0. The van der Waals surface area contributed by atoms with Gasteiger partial charge in [0.1, 0.15) is 18.2 Å². The van der Waals surface area contributed by atoms with Crippen LogP contribution in [0.3, 0.4) is 0 Å². The quantitative estimate of drug-likeness (QED) is 0.814. The van der Waals surface area contributed by atoms with Gasteiger partial charge in [-0.05, 0) is 47.4 Å². The van der Waals surface area contributed by atoms with Crippen LogP contribution in [-0.2, 0) is 6.61 Å². The molecule has 0 radical (unpaired) electrons. The van der Waals surface area contributed by atoms with Crippen molar-refractivity contribution in [1.82, 2.24) is 4.98 Å². The molecule has 0 aliphatic heterocycles. The second kappa shape index (κ2) is 5.63. The Hall–Kier alpha value is -1.90. The fourth-order valence-electron chi connectivity index (χ4n) is 1.70. The molecule has 0 amide bonds. The third kappa shape index (κ3) is 3.06. The van der Waals surface area contributed by atoms with Gasteiger partial charge in [0.25, 0.3) is 0 Å². The molecular formula is C15H16FNO. The van der Waals surface area contributed by atoms with Crippen molar-refractivity contribution in [3.63, 3.8) is 0 Å². The molecule has 2 rings (SSSR count). The summed E-state index contributed by atoms with van der Waals surface area (Å²) in [6, 6.07) is 8.67. The van der Waals surface area contributed by atoms with Gasteiger partial charge in [0.15, 0.2) is 0 Å². The molecule has 0 bridgehead atoms. The number of hydrogen-bond donors (Lipinski definition) is 0. The molecule has 18 heavy (non-hydrogen) atoms. The van der Waals surface area contributed by atoms with Crippen LogP contribution in [0.15, 0.2) is 42.7 Å². The number of rotatable bonds is 4. The first-order chi connectivity index (χ1) is 8.66. The number of halogens is 1. The first kappa shape index (κ1) is 12.6. The van der Waals surface area contributed by atoms with Gasteiger partial charge >= 0.3 is 0 Å². The fraction of sp³-hybridized carbons (Fsp3) is 0.267. The Kier molecular flexibility index (Phi) is 3.92. The zero-order valence-corrected chi connectivity index (χ0v) is 10.6. The van der Waals surface area contributed by atoms with E-state index in [1.807, 2.05) is 26.0 Å². The van der Waals surface area contributed by atoms with Crippen molar-refractivity contribution in [2.75, 3.05) is 0 Å². The van der Waals surface area contributed by atoms with Crippen molar-refractivity contribution >= 4 is 0 Å². The van der Waals surface area contributed by atoms with Crippen LogP contribution in [0.2, 0.25) is 0 Å². The first-order valence-electron chi connectivity index (χ1n) is 5.98. The third-order valence-electron chi connectivity index (χ3n) is 2.74. The smallest absolute Gasteiger partial charge is 0.126 e. The summed E-state index contributed by atoms with van der Waals surface area (Å²) in [6.45, 7) is 4.39. The summed E-state index contributed by atoms with van der Waals surface area (Å²) >= 11 is 0. The zero-order chi connectivity index (χ0) is 13.0. The molecule has 3 heteroatoms. The number of aromatic nitrogens is 1. The number of ether oxygens (including phenoxy) is 1. The van der Waals surface area contributed by atoms with Gasteiger partial charge in [-0.2, -0.15) is 0 Å². The van der Waals surface area contributed by atoms with Crippen molar-refractivity contribution in [3.8, 4) is 5.75 Å². The number of pyridine rings is 1. The van der Waals surface area contributed by atoms with Crippen LogP contribution >= 0.6 is 0 Å². The van der Waals surface area contributed by atoms with Crippen LogP contribution in [0.5, 0.6) is 5.75 Å². The van der Waals surface area contributed by atoms with E-state index >= 15 is 0 Å². The van der Waals surface area contributed by atoms with Gasteiger partial charge in [-0.25, -0.2) is 4.39 Å². The summed E-state index contributed by atoms with van der Waals surface area (Å²) in [7, 11) is 0. The largest absolute Gasteiger partial charge is 0.489 e. The predicted octanol–water partition coefficient (Wildman–Crippen LogP) is 3.92. The molecule has 2 nitrogen and oxygen atoms in total. The lowest BCUT2D eigenvalue weighted by Crippen LogP contribution is -1.98. The average Bonchev–Trinajstić information content (AvgIpc) is 2.38. The molecule has 0 saturated heterocycles. The Morgan fingerprint density at radius 1 is 1.17 bits per heavy atom. The first-order valence-corrected chi connectivity index (χ1v) is 5.98. The molecule has 0 unspecified atom stereocenters. The minimum Gasteiger partial charge on any atom is -0.489 e. The molecule has 0 saturated carbocycles. The summed E-state index contributed by atoms with van der Waals surface area (Å²) in [4.78, 5) is 3.94. The molecule has 0 aliphatic carbocycles. The molecule has 0 aliphatic rings. The maximum atomic E-state index is 13.5. The molecule has 0 N–H and O–H groups in total. The van der Waals surface area contributed by atoms with E-state index in [4.69, 9.17) is 4.74 Å². The molecule has 0 fully saturated rings. The Bertz CT molecular complexity index is 511. The van der Waals surface area contributed by atoms with Crippen LogP contribution in [-0.4, -0.2) is 4.98 Å². The highest BCUT2D eigenvalue weighted by Gasteiger charge is 2.08.